The molecule has 0 saturated carbocycles. The minimum atomic E-state index is 0.174. The Balaban J connectivity index is 2.77. The smallest absolute Gasteiger partial charge is 0.0123 e. The first-order chi connectivity index (χ1) is 7.56. The van der Waals surface area contributed by atoms with Crippen LogP contribution in [-0.2, 0) is 5.41 Å². The third-order valence-corrected chi connectivity index (χ3v) is 4.61. The van der Waals surface area contributed by atoms with Gasteiger partial charge in [0.1, 0.15) is 0 Å². The van der Waals surface area contributed by atoms with E-state index in [-0.39, 0.29) is 5.41 Å². The second-order valence-corrected chi connectivity index (χ2v) is 5.55. The van der Waals surface area contributed by atoms with Gasteiger partial charge in [-0.1, -0.05) is 66.2 Å². The van der Waals surface area contributed by atoms with Crippen molar-refractivity contribution in [3.05, 3.63) is 47.5 Å². The normalized spacial score (nSPS) is 12.0. The first-order valence-electron chi connectivity index (χ1n) is 5.61. The third-order valence-electron chi connectivity index (χ3n) is 3.21. The Kier molecular flexibility index (Phi) is 3.07. The van der Waals surface area contributed by atoms with Crippen molar-refractivity contribution in [3.63, 3.8) is 0 Å². The van der Waals surface area contributed by atoms with Crippen molar-refractivity contribution in [1.82, 2.24) is 0 Å². The van der Waals surface area contributed by atoms with Crippen LogP contribution in [0.2, 0.25) is 0 Å². The van der Waals surface area contributed by atoms with Gasteiger partial charge in [0.05, 0.1) is 0 Å². The molecule has 0 bridgehead atoms. The van der Waals surface area contributed by atoms with Crippen LogP contribution in [0.15, 0.2) is 36.4 Å². The predicted molar refractivity (Wildman–Crippen MR) is 75.5 cm³/mol. The SMILES string of the molecule is Cc1ccc(C(C)(C)CBr)c2ccccc12. The molecule has 0 aliphatic rings. The van der Waals surface area contributed by atoms with Crippen LogP contribution in [0.1, 0.15) is 25.0 Å². The minimum Gasteiger partial charge on any atom is -0.0919 e. The van der Waals surface area contributed by atoms with Crippen LogP contribution in [0.4, 0.5) is 0 Å². The average Bonchev–Trinajstić information content (AvgIpc) is 2.29. The second-order valence-electron chi connectivity index (χ2n) is 4.99. The van der Waals surface area contributed by atoms with Gasteiger partial charge >= 0.3 is 0 Å². The molecule has 0 amide bonds. The zero-order valence-electron chi connectivity index (χ0n) is 10.0. The summed E-state index contributed by atoms with van der Waals surface area (Å²) < 4.78 is 0. The molecule has 2 aromatic carbocycles. The average molecular weight is 277 g/mol. The molecule has 1 heteroatoms. The van der Waals surface area contributed by atoms with E-state index >= 15 is 0 Å². The highest BCUT2D eigenvalue weighted by atomic mass is 79.9. The summed E-state index contributed by atoms with van der Waals surface area (Å²) in [5.74, 6) is 0. The monoisotopic (exact) mass is 276 g/mol. The van der Waals surface area contributed by atoms with Gasteiger partial charge in [-0.3, -0.25) is 0 Å². The molecule has 0 spiro atoms. The van der Waals surface area contributed by atoms with E-state index in [4.69, 9.17) is 0 Å². The van der Waals surface area contributed by atoms with E-state index in [0.29, 0.717) is 0 Å². The molecule has 0 fully saturated rings. The van der Waals surface area contributed by atoms with E-state index in [2.05, 4.69) is 73.1 Å². The lowest BCUT2D eigenvalue weighted by atomic mass is 9.83. The Morgan fingerprint density at radius 1 is 1.00 bits per heavy atom. The molecule has 2 rings (SSSR count). The maximum atomic E-state index is 3.61. The molecule has 84 valence electrons. The van der Waals surface area contributed by atoms with Crippen LogP contribution in [0.3, 0.4) is 0 Å². The number of fused-ring (bicyclic) bond motifs is 1. The van der Waals surface area contributed by atoms with Gasteiger partial charge in [-0.15, -0.1) is 0 Å². The van der Waals surface area contributed by atoms with Gasteiger partial charge in [0, 0.05) is 5.33 Å². The largest absolute Gasteiger partial charge is 0.0919 e. The van der Waals surface area contributed by atoms with Crippen molar-refractivity contribution in [2.24, 2.45) is 0 Å². The highest BCUT2D eigenvalue weighted by Gasteiger charge is 2.21. The van der Waals surface area contributed by atoms with Crippen molar-refractivity contribution >= 4 is 26.7 Å². The summed E-state index contributed by atoms with van der Waals surface area (Å²) in [6.45, 7) is 6.73. The Bertz CT molecular complexity index is 512. The molecule has 0 aliphatic carbocycles. The topological polar surface area (TPSA) is 0 Å². The van der Waals surface area contributed by atoms with Crippen molar-refractivity contribution in [2.75, 3.05) is 5.33 Å². The summed E-state index contributed by atoms with van der Waals surface area (Å²) in [6.07, 6.45) is 0. The summed E-state index contributed by atoms with van der Waals surface area (Å²) in [4.78, 5) is 0. The summed E-state index contributed by atoms with van der Waals surface area (Å²) in [7, 11) is 0. The fourth-order valence-electron chi connectivity index (χ4n) is 2.11. The number of hydrogen-bond acceptors (Lipinski definition) is 0. The van der Waals surface area contributed by atoms with E-state index in [1.54, 1.807) is 0 Å². The zero-order chi connectivity index (χ0) is 11.8. The van der Waals surface area contributed by atoms with Crippen LogP contribution in [0, 0.1) is 6.92 Å². The molecule has 0 radical (unpaired) electrons. The van der Waals surface area contributed by atoms with Crippen LogP contribution in [0.25, 0.3) is 10.8 Å². The highest BCUT2D eigenvalue weighted by Crippen LogP contribution is 2.33. The molecule has 2 aromatic rings. The number of halogens is 1. The maximum Gasteiger partial charge on any atom is 0.0123 e. The van der Waals surface area contributed by atoms with Gasteiger partial charge in [-0.2, -0.15) is 0 Å². The fourth-order valence-corrected chi connectivity index (χ4v) is 2.41. The molecule has 0 aromatic heterocycles. The molecule has 0 heterocycles. The quantitative estimate of drug-likeness (QED) is 0.690. The van der Waals surface area contributed by atoms with Crippen LogP contribution in [0.5, 0.6) is 0 Å². The van der Waals surface area contributed by atoms with Gasteiger partial charge in [0.15, 0.2) is 0 Å². The third kappa shape index (κ3) is 1.89. The number of alkyl halides is 1. The van der Waals surface area contributed by atoms with E-state index < -0.39 is 0 Å². The van der Waals surface area contributed by atoms with E-state index in [9.17, 15) is 0 Å². The van der Waals surface area contributed by atoms with Gasteiger partial charge in [0.25, 0.3) is 0 Å². The highest BCUT2D eigenvalue weighted by molar-refractivity contribution is 9.09. The molecule has 0 N–H and O–H groups in total. The molecular weight excluding hydrogens is 260 g/mol. The van der Waals surface area contributed by atoms with Crippen LogP contribution in [-0.4, -0.2) is 5.33 Å². The minimum absolute atomic E-state index is 0.174. The summed E-state index contributed by atoms with van der Waals surface area (Å²) in [5, 5.41) is 3.73. The standard InChI is InChI=1S/C15H17Br/c1-11-8-9-14(15(2,3)10-16)13-7-5-4-6-12(11)13/h4-9H,10H2,1-3H3. The molecule has 0 saturated heterocycles. The molecule has 0 nitrogen and oxygen atoms in total. The summed E-state index contributed by atoms with van der Waals surface area (Å²) in [5.41, 5.74) is 2.95. The lowest BCUT2D eigenvalue weighted by Crippen LogP contribution is -2.19. The van der Waals surface area contributed by atoms with E-state index in [1.807, 2.05) is 0 Å². The lowest BCUT2D eigenvalue weighted by Gasteiger charge is -2.24. The van der Waals surface area contributed by atoms with Crippen LogP contribution >= 0.6 is 15.9 Å². The predicted octanol–water partition coefficient (Wildman–Crippen LogP) is 4.82. The number of rotatable bonds is 2. The van der Waals surface area contributed by atoms with Gasteiger partial charge in [0.2, 0.25) is 0 Å². The Hall–Kier alpha value is -0.820. The van der Waals surface area contributed by atoms with Crippen molar-refractivity contribution < 1.29 is 0 Å². The molecule has 0 atom stereocenters. The number of aryl methyl sites for hydroxylation is 1. The lowest BCUT2D eigenvalue weighted by molar-refractivity contribution is 0.612. The molecule has 0 unspecified atom stereocenters. The molecule has 16 heavy (non-hydrogen) atoms. The summed E-state index contributed by atoms with van der Waals surface area (Å²) >= 11 is 3.61. The van der Waals surface area contributed by atoms with E-state index in [0.717, 1.165) is 5.33 Å². The number of hydrogen-bond donors (Lipinski definition) is 0. The van der Waals surface area contributed by atoms with Crippen LogP contribution < -0.4 is 0 Å². The Morgan fingerprint density at radius 2 is 1.62 bits per heavy atom. The summed E-state index contributed by atoms with van der Waals surface area (Å²) in [6, 6.07) is 13.2. The molecular formula is C15H17Br. The van der Waals surface area contributed by atoms with Crippen molar-refractivity contribution in [1.29, 1.82) is 0 Å². The van der Waals surface area contributed by atoms with E-state index in [1.165, 1.54) is 21.9 Å². The first-order valence-corrected chi connectivity index (χ1v) is 6.73. The van der Waals surface area contributed by atoms with Gasteiger partial charge < -0.3 is 0 Å². The van der Waals surface area contributed by atoms with Gasteiger partial charge in [-0.25, -0.2) is 0 Å². The second kappa shape index (κ2) is 4.21. The molecule has 0 aliphatic heterocycles. The van der Waals surface area contributed by atoms with Gasteiger partial charge in [-0.05, 0) is 34.2 Å². The Labute approximate surface area is 106 Å². The number of benzene rings is 2. The zero-order valence-corrected chi connectivity index (χ0v) is 11.6. The fraction of sp³-hybridized carbons (Fsp3) is 0.333. The first kappa shape index (κ1) is 11.7. The maximum absolute atomic E-state index is 3.61. The van der Waals surface area contributed by atoms with Crippen molar-refractivity contribution in [3.8, 4) is 0 Å². The van der Waals surface area contributed by atoms with Crippen molar-refractivity contribution in [2.45, 2.75) is 26.2 Å². The Morgan fingerprint density at radius 3 is 2.25 bits per heavy atom.